The molecular weight excluding hydrogens is 302 g/mol. The van der Waals surface area contributed by atoms with Crippen molar-refractivity contribution in [1.29, 1.82) is 0 Å². The zero-order valence-electron chi connectivity index (χ0n) is 12.1. The molecule has 0 spiro atoms. The first-order valence-corrected chi connectivity index (χ1v) is 8.33. The van der Waals surface area contributed by atoms with E-state index in [2.05, 4.69) is 20.0 Å². The van der Waals surface area contributed by atoms with Crippen LogP contribution in [0.4, 0.5) is 5.95 Å². The topological polar surface area (TPSA) is 91.8 Å². The predicted molar refractivity (Wildman–Crippen MR) is 85.2 cm³/mol. The van der Waals surface area contributed by atoms with Crippen molar-refractivity contribution in [3.05, 3.63) is 42.7 Å². The van der Waals surface area contributed by atoms with Crippen LogP contribution >= 0.6 is 0 Å². The average molecular weight is 319 g/mol. The molecule has 0 radical (unpaired) electrons. The third kappa shape index (κ3) is 3.12. The minimum absolute atomic E-state index is 0.263. The summed E-state index contributed by atoms with van der Waals surface area (Å²) >= 11 is 0. The van der Waals surface area contributed by atoms with Crippen molar-refractivity contribution in [3.63, 3.8) is 0 Å². The lowest BCUT2D eigenvalue weighted by atomic mass is 10.3. The Morgan fingerprint density at radius 1 is 1.23 bits per heavy atom. The first-order valence-electron chi connectivity index (χ1n) is 6.85. The normalized spacial score (nSPS) is 11.9. The van der Waals surface area contributed by atoms with E-state index in [0.29, 0.717) is 12.5 Å². The van der Waals surface area contributed by atoms with E-state index in [0.717, 1.165) is 11.0 Å². The van der Waals surface area contributed by atoms with Crippen molar-refractivity contribution in [3.8, 4) is 0 Å². The molecule has 0 unspecified atom stereocenters. The number of aromatic nitrogens is 3. The summed E-state index contributed by atoms with van der Waals surface area (Å²) in [6.45, 7) is 0.708. The van der Waals surface area contributed by atoms with Crippen molar-refractivity contribution in [2.24, 2.45) is 7.05 Å². The number of fused-ring (bicyclic) bond motifs is 1. The number of anilines is 1. The van der Waals surface area contributed by atoms with E-state index in [-0.39, 0.29) is 11.4 Å². The van der Waals surface area contributed by atoms with Gasteiger partial charge in [0.1, 0.15) is 0 Å². The van der Waals surface area contributed by atoms with Gasteiger partial charge in [0.05, 0.1) is 15.9 Å². The average Bonchev–Trinajstić information content (AvgIpc) is 3.09. The van der Waals surface area contributed by atoms with Gasteiger partial charge in [0.25, 0.3) is 0 Å². The van der Waals surface area contributed by atoms with Gasteiger partial charge in [0, 0.05) is 32.5 Å². The summed E-state index contributed by atoms with van der Waals surface area (Å²) in [6, 6.07) is 9.26. The maximum Gasteiger partial charge on any atom is 0.242 e. The van der Waals surface area contributed by atoms with E-state index < -0.39 is 10.0 Å². The molecule has 3 N–H and O–H groups in total. The molecule has 3 aromatic rings. The fraction of sp³-hybridized carbons (Fsp3) is 0.214. The number of aryl methyl sites for hydroxylation is 1. The monoisotopic (exact) mass is 319 g/mol. The molecule has 0 aliphatic heterocycles. The van der Waals surface area contributed by atoms with Gasteiger partial charge in [0.15, 0.2) is 0 Å². The molecule has 0 saturated carbocycles. The lowest BCUT2D eigenvalue weighted by molar-refractivity contribution is 0.582. The van der Waals surface area contributed by atoms with Crippen LogP contribution in [-0.2, 0) is 17.1 Å². The number of hydrogen-bond acceptors (Lipinski definition) is 4. The molecule has 0 fully saturated rings. The second-order valence-electron chi connectivity index (χ2n) is 4.94. The molecule has 2 aromatic heterocycles. The van der Waals surface area contributed by atoms with Crippen LogP contribution in [0.3, 0.4) is 0 Å². The summed E-state index contributed by atoms with van der Waals surface area (Å²) in [7, 11) is -1.68. The second kappa shape index (κ2) is 5.82. The van der Waals surface area contributed by atoms with E-state index in [4.69, 9.17) is 0 Å². The molecule has 116 valence electrons. The number of nitrogens with zero attached hydrogens (tertiary/aromatic N) is 2. The Hall–Kier alpha value is -2.32. The fourth-order valence-corrected chi connectivity index (χ4v) is 3.21. The number of H-pyrrole nitrogens is 1. The van der Waals surface area contributed by atoms with Crippen molar-refractivity contribution in [2.45, 2.75) is 4.90 Å². The molecule has 0 saturated heterocycles. The number of nitrogens with one attached hydrogen (secondary N) is 3. The van der Waals surface area contributed by atoms with Crippen molar-refractivity contribution >= 4 is 27.0 Å². The standard InChI is InChI=1S/C14H17N5O2S/c1-19-9-6-11(10-19)22(20,21)16-8-7-15-14-17-12-4-2-3-5-13(12)18-14/h2-6,9-10,16H,7-8H2,1H3,(H2,15,17,18). The highest BCUT2D eigenvalue weighted by Gasteiger charge is 2.14. The Kier molecular flexibility index (Phi) is 3.86. The number of aromatic amines is 1. The zero-order valence-corrected chi connectivity index (χ0v) is 12.9. The summed E-state index contributed by atoms with van der Waals surface area (Å²) in [5, 5.41) is 3.06. The van der Waals surface area contributed by atoms with Crippen LogP contribution in [0, 0.1) is 0 Å². The Labute approximate surface area is 128 Å². The lowest BCUT2D eigenvalue weighted by Gasteiger charge is -2.05. The summed E-state index contributed by atoms with van der Waals surface area (Å²) in [5.74, 6) is 0.625. The van der Waals surface area contributed by atoms with Gasteiger partial charge in [-0.05, 0) is 18.2 Å². The Balaban J connectivity index is 1.55. The van der Waals surface area contributed by atoms with Crippen LogP contribution in [0.15, 0.2) is 47.6 Å². The number of rotatable bonds is 6. The highest BCUT2D eigenvalue weighted by Crippen LogP contribution is 2.13. The van der Waals surface area contributed by atoms with Gasteiger partial charge >= 0.3 is 0 Å². The zero-order chi connectivity index (χ0) is 15.6. The van der Waals surface area contributed by atoms with E-state index in [1.165, 1.54) is 0 Å². The van der Waals surface area contributed by atoms with Crippen LogP contribution in [0.5, 0.6) is 0 Å². The number of para-hydroxylation sites is 2. The van der Waals surface area contributed by atoms with Gasteiger partial charge in [-0.1, -0.05) is 12.1 Å². The number of hydrogen-bond donors (Lipinski definition) is 3. The minimum atomic E-state index is -3.46. The summed E-state index contributed by atoms with van der Waals surface area (Å²) < 4.78 is 28.3. The SMILES string of the molecule is Cn1ccc(S(=O)(=O)NCCNc2nc3ccccc3[nH]2)c1. The smallest absolute Gasteiger partial charge is 0.242 e. The van der Waals surface area contributed by atoms with Crippen molar-refractivity contribution < 1.29 is 8.42 Å². The number of sulfonamides is 1. The molecule has 22 heavy (non-hydrogen) atoms. The molecule has 2 heterocycles. The first-order chi connectivity index (χ1) is 10.5. The van der Waals surface area contributed by atoms with Gasteiger partial charge in [-0.3, -0.25) is 0 Å². The van der Waals surface area contributed by atoms with Crippen LogP contribution in [0.25, 0.3) is 11.0 Å². The molecule has 7 nitrogen and oxygen atoms in total. The second-order valence-corrected chi connectivity index (χ2v) is 6.71. The molecule has 1 aromatic carbocycles. The predicted octanol–water partition coefficient (Wildman–Crippen LogP) is 1.29. The number of imidazole rings is 1. The minimum Gasteiger partial charge on any atom is -0.356 e. The third-order valence-corrected chi connectivity index (χ3v) is 4.66. The van der Waals surface area contributed by atoms with Crippen LogP contribution in [0.2, 0.25) is 0 Å². The summed E-state index contributed by atoms with van der Waals surface area (Å²) in [5.41, 5.74) is 1.81. The van der Waals surface area contributed by atoms with E-state index in [9.17, 15) is 8.42 Å². The quantitative estimate of drug-likeness (QED) is 0.597. The van der Waals surface area contributed by atoms with E-state index in [1.807, 2.05) is 24.3 Å². The summed E-state index contributed by atoms with van der Waals surface area (Å²) in [6.07, 6.45) is 3.26. The van der Waals surface area contributed by atoms with E-state index in [1.54, 1.807) is 30.1 Å². The van der Waals surface area contributed by atoms with Crippen LogP contribution in [0.1, 0.15) is 0 Å². The van der Waals surface area contributed by atoms with Gasteiger partial charge in [-0.15, -0.1) is 0 Å². The molecule has 0 aliphatic carbocycles. The first kappa shape index (κ1) is 14.6. The van der Waals surface area contributed by atoms with Gasteiger partial charge in [-0.25, -0.2) is 18.1 Å². The molecule has 0 atom stereocenters. The van der Waals surface area contributed by atoms with Crippen molar-refractivity contribution in [2.75, 3.05) is 18.4 Å². The van der Waals surface area contributed by atoms with E-state index >= 15 is 0 Å². The van der Waals surface area contributed by atoms with Crippen LogP contribution < -0.4 is 10.0 Å². The van der Waals surface area contributed by atoms with Gasteiger partial charge < -0.3 is 14.9 Å². The van der Waals surface area contributed by atoms with Crippen molar-refractivity contribution in [1.82, 2.24) is 19.3 Å². The highest BCUT2D eigenvalue weighted by atomic mass is 32.2. The molecule has 8 heteroatoms. The molecule has 0 aliphatic rings. The van der Waals surface area contributed by atoms with Crippen LogP contribution in [-0.4, -0.2) is 36.0 Å². The molecular formula is C14H17N5O2S. The maximum absolute atomic E-state index is 12.0. The Bertz CT molecular complexity index is 848. The fourth-order valence-electron chi connectivity index (χ4n) is 2.12. The molecule has 0 bridgehead atoms. The maximum atomic E-state index is 12.0. The summed E-state index contributed by atoms with van der Waals surface area (Å²) in [4.78, 5) is 7.75. The third-order valence-electron chi connectivity index (χ3n) is 3.21. The Morgan fingerprint density at radius 2 is 2.05 bits per heavy atom. The number of benzene rings is 1. The lowest BCUT2D eigenvalue weighted by Crippen LogP contribution is -2.28. The molecule has 3 rings (SSSR count). The van der Waals surface area contributed by atoms with Gasteiger partial charge in [-0.2, -0.15) is 0 Å². The molecule has 0 amide bonds. The highest BCUT2D eigenvalue weighted by molar-refractivity contribution is 7.89. The largest absolute Gasteiger partial charge is 0.356 e. The Morgan fingerprint density at radius 3 is 2.77 bits per heavy atom. The van der Waals surface area contributed by atoms with Gasteiger partial charge in [0.2, 0.25) is 16.0 Å².